The van der Waals surface area contributed by atoms with Gasteiger partial charge in [-0.2, -0.15) is 0 Å². The molecule has 0 unspecified atom stereocenters. The molecule has 0 amide bonds. The second-order valence-electron chi connectivity index (χ2n) is 3.78. The molecular weight excluding hydrogens is 212 g/mol. The Hall–Kier alpha value is -2.42. The molecule has 0 aliphatic rings. The van der Waals surface area contributed by atoms with Crippen LogP contribution in [-0.2, 0) is 0 Å². The van der Waals surface area contributed by atoms with Crippen LogP contribution in [0.4, 0.5) is 0 Å². The van der Waals surface area contributed by atoms with E-state index >= 15 is 0 Å². The maximum absolute atomic E-state index is 9.24. The standard InChI is InChI=1S/C14H10N2O/c17-11-6-7-13(16-9-11)12-5-1-3-10-4-2-8-15-14(10)12/h1-9,17H. The number of nitrogens with zero attached hydrogens (tertiary/aromatic N) is 2. The molecule has 0 spiro atoms. The second kappa shape index (κ2) is 3.87. The number of aromatic hydroxyl groups is 1. The van der Waals surface area contributed by atoms with Crippen LogP contribution in [-0.4, -0.2) is 15.1 Å². The van der Waals surface area contributed by atoms with Gasteiger partial charge in [0, 0.05) is 17.1 Å². The summed E-state index contributed by atoms with van der Waals surface area (Å²) in [7, 11) is 0. The van der Waals surface area contributed by atoms with Crippen molar-refractivity contribution in [2.75, 3.05) is 0 Å². The van der Waals surface area contributed by atoms with Gasteiger partial charge in [-0.15, -0.1) is 0 Å². The third-order valence-corrected chi connectivity index (χ3v) is 2.66. The number of pyridine rings is 2. The number of fused-ring (bicyclic) bond motifs is 1. The summed E-state index contributed by atoms with van der Waals surface area (Å²) in [5.74, 6) is 0.168. The molecule has 3 nitrogen and oxygen atoms in total. The molecule has 0 atom stereocenters. The van der Waals surface area contributed by atoms with Gasteiger partial charge in [0.15, 0.2) is 0 Å². The number of para-hydroxylation sites is 1. The minimum atomic E-state index is 0.168. The van der Waals surface area contributed by atoms with Gasteiger partial charge in [-0.25, -0.2) is 0 Å². The first-order chi connectivity index (χ1) is 8.34. The lowest BCUT2D eigenvalue weighted by atomic mass is 10.1. The molecule has 0 aliphatic heterocycles. The molecule has 3 heteroatoms. The lowest BCUT2D eigenvalue weighted by molar-refractivity contribution is 0.473. The van der Waals surface area contributed by atoms with Crippen LogP contribution in [0.25, 0.3) is 22.2 Å². The van der Waals surface area contributed by atoms with E-state index in [9.17, 15) is 5.11 Å². The fraction of sp³-hybridized carbons (Fsp3) is 0. The third-order valence-electron chi connectivity index (χ3n) is 2.66. The molecule has 0 bridgehead atoms. The zero-order valence-corrected chi connectivity index (χ0v) is 9.04. The molecule has 1 aromatic carbocycles. The fourth-order valence-corrected chi connectivity index (χ4v) is 1.86. The Morgan fingerprint density at radius 2 is 1.76 bits per heavy atom. The van der Waals surface area contributed by atoms with Crippen molar-refractivity contribution in [3.63, 3.8) is 0 Å². The summed E-state index contributed by atoms with van der Waals surface area (Å²) in [6, 6.07) is 13.3. The van der Waals surface area contributed by atoms with Crippen molar-refractivity contribution in [2.45, 2.75) is 0 Å². The smallest absolute Gasteiger partial charge is 0.133 e. The van der Waals surface area contributed by atoms with Gasteiger partial charge >= 0.3 is 0 Å². The second-order valence-corrected chi connectivity index (χ2v) is 3.78. The van der Waals surface area contributed by atoms with E-state index in [4.69, 9.17) is 0 Å². The summed E-state index contributed by atoms with van der Waals surface area (Å²) < 4.78 is 0. The largest absolute Gasteiger partial charge is 0.506 e. The monoisotopic (exact) mass is 222 g/mol. The van der Waals surface area contributed by atoms with Gasteiger partial charge in [0.05, 0.1) is 17.4 Å². The van der Waals surface area contributed by atoms with Gasteiger partial charge < -0.3 is 5.11 Å². The number of hydrogen-bond donors (Lipinski definition) is 1. The predicted molar refractivity (Wildman–Crippen MR) is 66.6 cm³/mol. The van der Waals surface area contributed by atoms with Gasteiger partial charge in [0.1, 0.15) is 5.75 Å². The van der Waals surface area contributed by atoms with E-state index in [1.165, 1.54) is 6.20 Å². The summed E-state index contributed by atoms with van der Waals surface area (Å²) in [6.07, 6.45) is 3.21. The van der Waals surface area contributed by atoms with E-state index in [-0.39, 0.29) is 5.75 Å². The van der Waals surface area contributed by atoms with E-state index in [2.05, 4.69) is 9.97 Å². The third kappa shape index (κ3) is 1.72. The number of aromatic nitrogens is 2. The summed E-state index contributed by atoms with van der Waals surface area (Å²) in [5, 5.41) is 10.3. The van der Waals surface area contributed by atoms with Crippen LogP contribution in [0.5, 0.6) is 5.75 Å². The maximum Gasteiger partial charge on any atom is 0.133 e. The van der Waals surface area contributed by atoms with Crippen LogP contribution in [0, 0.1) is 0 Å². The van der Waals surface area contributed by atoms with Crippen LogP contribution in [0.1, 0.15) is 0 Å². The Labute approximate surface area is 98.4 Å². The van der Waals surface area contributed by atoms with Gasteiger partial charge in [0.25, 0.3) is 0 Å². The van der Waals surface area contributed by atoms with Crippen LogP contribution >= 0.6 is 0 Å². The molecule has 2 aromatic heterocycles. The summed E-state index contributed by atoms with van der Waals surface area (Å²) in [4.78, 5) is 8.59. The lowest BCUT2D eigenvalue weighted by Crippen LogP contribution is -1.86. The highest BCUT2D eigenvalue weighted by Gasteiger charge is 2.05. The average molecular weight is 222 g/mol. The highest BCUT2D eigenvalue weighted by molar-refractivity contribution is 5.92. The van der Waals surface area contributed by atoms with Crippen molar-refractivity contribution < 1.29 is 5.11 Å². The fourth-order valence-electron chi connectivity index (χ4n) is 1.86. The maximum atomic E-state index is 9.24. The normalized spacial score (nSPS) is 10.6. The highest BCUT2D eigenvalue weighted by Crippen LogP contribution is 2.25. The Balaban J connectivity index is 2.27. The van der Waals surface area contributed by atoms with Crippen molar-refractivity contribution in [3.05, 3.63) is 54.9 Å². The first-order valence-corrected chi connectivity index (χ1v) is 5.34. The van der Waals surface area contributed by atoms with E-state index in [0.717, 1.165) is 22.2 Å². The van der Waals surface area contributed by atoms with E-state index in [1.807, 2.05) is 30.3 Å². The van der Waals surface area contributed by atoms with E-state index < -0.39 is 0 Å². The number of rotatable bonds is 1. The Bertz CT molecular complexity index is 657. The molecule has 1 N–H and O–H groups in total. The van der Waals surface area contributed by atoms with E-state index in [1.54, 1.807) is 18.3 Å². The van der Waals surface area contributed by atoms with Crippen molar-refractivity contribution in [1.82, 2.24) is 9.97 Å². The van der Waals surface area contributed by atoms with E-state index in [0.29, 0.717) is 0 Å². The predicted octanol–water partition coefficient (Wildman–Crippen LogP) is 3.00. The van der Waals surface area contributed by atoms with Gasteiger partial charge in [0.2, 0.25) is 0 Å². The molecule has 3 rings (SSSR count). The Morgan fingerprint density at radius 3 is 2.59 bits per heavy atom. The van der Waals surface area contributed by atoms with Gasteiger partial charge in [-0.05, 0) is 18.2 Å². The van der Waals surface area contributed by atoms with Crippen molar-refractivity contribution >= 4 is 10.9 Å². The number of hydrogen-bond acceptors (Lipinski definition) is 3. The zero-order valence-electron chi connectivity index (χ0n) is 9.04. The SMILES string of the molecule is Oc1ccc(-c2cccc3cccnc23)nc1. The average Bonchev–Trinajstić information content (AvgIpc) is 2.39. The first kappa shape index (κ1) is 9.78. The minimum absolute atomic E-state index is 0.168. The molecule has 0 fully saturated rings. The first-order valence-electron chi connectivity index (χ1n) is 5.34. The summed E-state index contributed by atoms with van der Waals surface area (Å²) in [6.45, 7) is 0. The number of benzene rings is 1. The molecular formula is C14H10N2O. The van der Waals surface area contributed by atoms with Crippen LogP contribution in [0.3, 0.4) is 0 Å². The highest BCUT2D eigenvalue weighted by atomic mass is 16.3. The molecule has 0 saturated carbocycles. The van der Waals surface area contributed by atoms with Crippen molar-refractivity contribution in [3.8, 4) is 17.0 Å². The van der Waals surface area contributed by atoms with Crippen LogP contribution in [0.15, 0.2) is 54.9 Å². The molecule has 0 aliphatic carbocycles. The molecule has 0 radical (unpaired) electrons. The Morgan fingerprint density at radius 1 is 0.882 bits per heavy atom. The molecule has 2 heterocycles. The molecule has 0 saturated heterocycles. The molecule has 82 valence electrons. The lowest BCUT2D eigenvalue weighted by Gasteiger charge is -2.04. The van der Waals surface area contributed by atoms with Crippen molar-refractivity contribution in [1.29, 1.82) is 0 Å². The van der Waals surface area contributed by atoms with Gasteiger partial charge in [-0.1, -0.05) is 24.3 Å². The topological polar surface area (TPSA) is 46.0 Å². The van der Waals surface area contributed by atoms with Gasteiger partial charge in [-0.3, -0.25) is 9.97 Å². The zero-order chi connectivity index (χ0) is 11.7. The van der Waals surface area contributed by atoms with Crippen LogP contribution in [0.2, 0.25) is 0 Å². The molecule has 17 heavy (non-hydrogen) atoms. The quantitative estimate of drug-likeness (QED) is 0.688. The molecule has 3 aromatic rings. The Kier molecular flexibility index (Phi) is 2.22. The minimum Gasteiger partial charge on any atom is -0.506 e. The van der Waals surface area contributed by atoms with Crippen molar-refractivity contribution in [2.24, 2.45) is 0 Å². The van der Waals surface area contributed by atoms with Crippen LogP contribution < -0.4 is 0 Å². The summed E-state index contributed by atoms with van der Waals surface area (Å²) >= 11 is 0. The summed E-state index contributed by atoms with van der Waals surface area (Å²) in [5.41, 5.74) is 2.71.